The summed E-state index contributed by atoms with van der Waals surface area (Å²) in [6.45, 7) is 0.993. The van der Waals surface area contributed by atoms with Gasteiger partial charge in [-0.3, -0.25) is 4.79 Å². The van der Waals surface area contributed by atoms with Crippen LogP contribution in [0.1, 0.15) is 43.0 Å². The standard InChI is InChI=1S/C17H21NOS/c19-17(16-14-10-5-6-11(9-10)15(14)16)18-7-1-3-12(18)13-4-2-8-20-13/h2,4,8,10-12,14-16H,1,3,5-7,9H2/t10-,11-,12-,14+,15+/m0/s1. The van der Waals surface area contributed by atoms with Crippen molar-refractivity contribution in [3.8, 4) is 0 Å². The first-order chi connectivity index (χ1) is 9.84. The number of fused-ring (bicyclic) bond motifs is 5. The lowest BCUT2D eigenvalue weighted by atomic mass is 10.0. The topological polar surface area (TPSA) is 20.3 Å². The first-order valence-electron chi connectivity index (χ1n) is 8.18. The summed E-state index contributed by atoms with van der Waals surface area (Å²) in [4.78, 5) is 16.6. The molecule has 5 rings (SSSR count). The van der Waals surface area contributed by atoms with Crippen LogP contribution in [0.5, 0.6) is 0 Å². The van der Waals surface area contributed by atoms with Crippen molar-refractivity contribution in [2.45, 2.75) is 38.1 Å². The van der Waals surface area contributed by atoms with Gasteiger partial charge in [0.05, 0.1) is 6.04 Å². The Hall–Kier alpha value is -0.830. The Morgan fingerprint density at radius 2 is 2.00 bits per heavy atom. The van der Waals surface area contributed by atoms with Crippen LogP contribution < -0.4 is 0 Å². The number of hydrogen-bond donors (Lipinski definition) is 0. The van der Waals surface area contributed by atoms with Crippen LogP contribution in [0.2, 0.25) is 0 Å². The number of carbonyl (C=O) groups is 1. The summed E-state index contributed by atoms with van der Waals surface area (Å²) in [7, 11) is 0. The number of thiophene rings is 1. The molecule has 2 heterocycles. The van der Waals surface area contributed by atoms with Crippen molar-refractivity contribution >= 4 is 17.2 Å². The lowest BCUT2D eigenvalue weighted by molar-refractivity contribution is -0.134. The normalized spacial score (nSPS) is 44.9. The third kappa shape index (κ3) is 1.47. The van der Waals surface area contributed by atoms with E-state index in [4.69, 9.17) is 0 Å². The molecule has 0 spiro atoms. The second-order valence-corrected chi connectivity index (χ2v) is 8.20. The minimum atomic E-state index is 0.390. The van der Waals surface area contributed by atoms with Gasteiger partial charge in [-0.15, -0.1) is 11.3 Å². The molecule has 2 nitrogen and oxygen atoms in total. The smallest absolute Gasteiger partial charge is 0.226 e. The molecule has 5 atom stereocenters. The molecule has 0 aromatic carbocycles. The van der Waals surface area contributed by atoms with Gasteiger partial charge in [-0.1, -0.05) is 6.07 Å². The van der Waals surface area contributed by atoms with Gasteiger partial charge in [0.25, 0.3) is 0 Å². The van der Waals surface area contributed by atoms with Gasteiger partial charge in [-0.05, 0) is 67.2 Å². The monoisotopic (exact) mass is 287 g/mol. The van der Waals surface area contributed by atoms with Crippen molar-refractivity contribution in [3.05, 3.63) is 22.4 Å². The SMILES string of the molecule is O=C(C1[C@@H]2[C@H]3CC[C@@H](C3)[C@@H]12)N1CCC[C@H]1c1cccs1. The van der Waals surface area contributed by atoms with Gasteiger partial charge < -0.3 is 4.90 Å². The number of likely N-dealkylation sites (tertiary alicyclic amines) is 1. The second-order valence-electron chi connectivity index (χ2n) is 7.22. The Morgan fingerprint density at radius 1 is 1.20 bits per heavy atom. The maximum absolute atomic E-state index is 13.0. The maximum Gasteiger partial charge on any atom is 0.226 e. The summed E-state index contributed by atoms with van der Waals surface area (Å²) in [6.07, 6.45) is 6.60. The van der Waals surface area contributed by atoms with Crippen LogP contribution in [0, 0.1) is 29.6 Å². The Kier molecular flexibility index (Phi) is 2.41. The third-order valence-corrected chi connectivity index (χ3v) is 7.40. The molecule has 3 heteroatoms. The fraction of sp³-hybridized carbons (Fsp3) is 0.706. The maximum atomic E-state index is 13.0. The van der Waals surface area contributed by atoms with E-state index in [2.05, 4.69) is 22.4 Å². The predicted octanol–water partition coefficient (Wildman–Crippen LogP) is 3.70. The van der Waals surface area contributed by atoms with Crippen LogP contribution in [-0.4, -0.2) is 17.4 Å². The Balaban J connectivity index is 1.37. The van der Waals surface area contributed by atoms with Gasteiger partial charge in [0.2, 0.25) is 5.91 Å². The third-order valence-electron chi connectivity index (χ3n) is 6.43. The molecule has 1 amide bonds. The molecule has 1 aromatic rings. The fourth-order valence-corrected chi connectivity index (χ4v) is 6.53. The zero-order chi connectivity index (χ0) is 13.3. The summed E-state index contributed by atoms with van der Waals surface area (Å²) in [5.41, 5.74) is 0. The molecule has 3 saturated carbocycles. The van der Waals surface area contributed by atoms with E-state index in [9.17, 15) is 4.79 Å². The summed E-state index contributed by atoms with van der Waals surface area (Å²) in [6, 6.07) is 4.72. The van der Waals surface area contributed by atoms with Crippen LogP contribution in [0.25, 0.3) is 0 Å². The van der Waals surface area contributed by atoms with Crippen molar-refractivity contribution < 1.29 is 4.79 Å². The zero-order valence-corrected chi connectivity index (χ0v) is 12.5. The van der Waals surface area contributed by atoms with Gasteiger partial charge in [0, 0.05) is 17.3 Å². The second kappa shape index (κ2) is 4.09. The van der Waals surface area contributed by atoms with Crippen molar-refractivity contribution in [1.29, 1.82) is 0 Å². The molecule has 1 saturated heterocycles. The molecular weight excluding hydrogens is 266 g/mol. The van der Waals surface area contributed by atoms with Gasteiger partial charge in [-0.2, -0.15) is 0 Å². The Morgan fingerprint density at radius 3 is 2.70 bits per heavy atom. The van der Waals surface area contributed by atoms with Crippen LogP contribution in [0.3, 0.4) is 0 Å². The van der Waals surface area contributed by atoms with Gasteiger partial charge >= 0.3 is 0 Å². The van der Waals surface area contributed by atoms with Crippen molar-refractivity contribution in [3.63, 3.8) is 0 Å². The number of carbonyl (C=O) groups excluding carboxylic acids is 1. The van der Waals surface area contributed by atoms with Crippen LogP contribution in [-0.2, 0) is 4.79 Å². The zero-order valence-electron chi connectivity index (χ0n) is 11.7. The Labute approximate surface area is 124 Å². The molecule has 3 aliphatic carbocycles. The molecule has 0 unspecified atom stereocenters. The lowest BCUT2D eigenvalue weighted by Gasteiger charge is -2.25. The highest BCUT2D eigenvalue weighted by molar-refractivity contribution is 7.10. The average Bonchev–Trinajstić information content (AvgIpc) is 3.04. The summed E-state index contributed by atoms with van der Waals surface area (Å²) >= 11 is 1.81. The molecule has 1 aliphatic heterocycles. The number of hydrogen-bond acceptors (Lipinski definition) is 2. The number of nitrogens with zero attached hydrogens (tertiary/aromatic N) is 1. The quantitative estimate of drug-likeness (QED) is 0.812. The number of rotatable bonds is 2. The van der Waals surface area contributed by atoms with E-state index in [-0.39, 0.29) is 0 Å². The van der Waals surface area contributed by atoms with E-state index in [1.807, 2.05) is 11.3 Å². The first kappa shape index (κ1) is 11.8. The van der Waals surface area contributed by atoms with E-state index < -0.39 is 0 Å². The molecule has 20 heavy (non-hydrogen) atoms. The molecule has 1 aromatic heterocycles. The van der Waals surface area contributed by atoms with Gasteiger partial charge in [0.1, 0.15) is 0 Å². The Bertz CT molecular complexity index is 523. The lowest BCUT2D eigenvalue weighted by Crippen LogP contribution is -2.33. The highest BCUT2D eigenvalue weighted by Crippen LogP contribution is 2.70. The van der Waals surface area contributed by atoms with Crippen LogP contribution >= 0.6 is 11.3 Å². The minimum absolute atomic E-state index is 0.390. The van der Waals surface area contributed by atoms with Crippen molar-refractivity contribution in [2.75, 3.05) is 6.54 Å². The molecule has 4 aliphatic rings. The fourth-order valence-electron chi connectivity index (χ4n) is 5.65. The van der Waals surface area contributed by atoms with Crippen LogP contribution in [0.4, 0.5) is 0 Å². The highest BCUT2D eigenvalue weighted by Gasteiger charge is 2.68. The molecular formula is C17H21NOS. The molecule has 4 fully saturated rings. The summed E-state index contributed by atoms with van der Waals surface area (Å²) in [5, 5.41) is 2.14. The van der Waals surface area contributed by atoms with Crippen molar-refractivity contribution in [2.24, 2.45) is 29.6 Å². The summed E-state index contributed by atoms with van der Waals surface area (Å²) < 4.78 is 0. The van der Waals surface area contributed by atoms with E-state index >= 15 is 0 Å². The van der Waals surface area contributed by atoms with E-state index in [1.165, 1.54) is 37.0 Å². The largest absolute Gasteiger partial charge is 0.335 e. The van der Waals surface area contributed by atoms with E-state index in [0.29, 0.717) is 17.9 Å². The average molecular weight is 287 g/mol. The predicted molar refractivity (Wildman–Crippen MR) is 79.3 cm³/mol. The first-order valence-corrected chi connectivity index (χ1v) is 9.06. The molecule has 2 bridgehead atoms. The van der Waals surface area contributed by atoms with Crippen LogP contribution in [0.15, 0.2) is 17.5 Å². The van der Waals surface area contributed by atoms with E-state index in [0.717, 1.165) is 30.2 Å². The molecule has 106 valence electrons. The molecule has 0 radical (unpaired) electrons. The summed E-state index contributed by atoms with van der Waals surface area (Å²) in [5.74, 6) is 4.30. The van der Waals surface area contributed by atoms with Gasteiger partial charge in [0.15, 0.2) is 0 Å². The van der Waals surface area contributed by atoms with Crippen molar-refractivity contribution in [1.82, 2.24) is 4.90 Å². The molecule has 0 N–H and O–H groups in total. The number of amides is 1. The van der Waals surface area contributed by atoms with E-state index in [1.54, 1.807) is 0 Å². The minimum Gasteiger partial charge on any atom is -0.335 e. The van der Waals surface area contributed by atoms with Gasteiger partial charge in [-0.25, -0.2) is 0 Å². The highest BCUT2D eigenvalue weighted by atomic mass is 32.1.